The third-order valence-corrected chi connectivity index (χ3v) is 3.80. The lowest BCUT2D eigenvalue weighted by Gasteiger charge is -2.01. The number of ketones is 1. The van der Waals surface area contributed by atoms with Crippen LogP contribution in [0.3, 0.4) is 0 Å². The van der Waals surface area contributed by atoms with Crippen molar-refractivity contribution in [2.45, 2.75) is 6.42 Å². The molecule has 2 aromatic carbocycles. The molecular weight excluding hydrogens is 258 g/mol. The SMILES string of the molecule is O=C(Cc1ccccc1)c1ccc2[nH]c(=O)sc2c1. The maximum atomic E-state index is 12.2. The van der Waals surface area contributed by atoms with Crippen molar-refractivity contribution in [2.75, 3.05) is 0 Å². The van der Waals surface area contributed by atoms with E-state index in [2.05, 4.69) is 4.98 Å². The van der Waals surface area contributed by atoms with Crippen LogP contribution < -0.4 is 4.87 Å². The zero-order chi connectivity index (χ0) is 13.2. The average molecular weight is 269 g/mol. The molecule has 4 heteroatoms. The topological polar surface area (TPSA) is 49.9 Å². The first-order valence-electron chi connectivity index (χ1n) is 5.92. The zero-order valence-corrected chi connectivity index (χ0v) is 10.9. The number of hydrogen-bond donors (Lipinski definition) is 1. The van der Waals surface area contributed by atoms with Gasteiger partial charge in [0.2, 0.25) is 0 Å². The molecule has 1 N–H and O–H groups in total. The molecular formula is C15H11NO2S. The summed E-state index contributed by atoms with van der Waals surface area (Å²) in [5.41, 5.74) is 2.42. The van der Waals surface area contributed by atoms with E-state index in [1.54, 1.807) is 18.2 Å². The Kier molecular flexibility index (Phi) is 3.01. The fraction of sp³-hybridized carbons (Fsp3) is 0.0667. The molecule has 0 saturated heterocycles. The Morgan fingerprint density at radius 3 is 2.68 bits per heavy atom. The van der Waals surface area contributed by atoms with E-state index in [1.165, 1.54) is 0 Å². The molecule has 0 bridgehead atoms. The van der Waals surface area contributed by atoms with Gasteiger partial charge in [-0.15, -0.1) is 0 Å². The van der Waals surface area contributed by atoms with Crippen LogP contribution in [0, 0.1) is 0 Å². The molecule has 19 heavy (non-hydrogen) atoms. The van der Waals surface area contributed by atoms with Crippen LogP contribution in [-0.2, 0) is 6.42 Å². The van der Waals surface area contributed by atoms with E-state index >= 15 is 0 Å². The minimum Gasteiger partial charge on any atom is -0.312 e. The van der Waals surface area contributed by atoms with Crippen LogP contribution in [0.5, 0.6) is 0 Å². The smallest absolute Gasteiger partial charge is 0.305 e. The zero-order valence-electron chi connectivity index (χ0n) is 10.1. The van der Waals surface area contributed by atoms with Gasteiger partial charge in [-0.25, -0.2) is 0 Å². The first-order valence-corrected chi connectivity index (χ1v) is 6.74. The molecule has 3 rings (SSSR count). The standard InChI is InChI=1S/C15H11NO2S/c17-13(8-10-4-2-1-3-5-10)11-6-7-12-14(9-11)19-15(18)16-12/h1-7,9H,8H2,(H,16,18). The molecule has 0 aliphatic rings. The van der Waals surface area contributed by atoms with Crippen molar-refractivity contribution >= 4 is 27.3 Å². The average Bonchev–Trinajstić information content (AvgIpc) is 2.78. The minimum absolute atomic E-state index is 0.0638. The Labute approximate surface area is 113 Å². The van der Waals surface area contributed by atoms with Crippen LogP contribution in [0.15, 0.2) is 53.3 Å². The third kappa shape index (κ3) is 2.48. The molecule has 3 nitrogen and oxygen atoms in total. The van der Waals surface area contributed by atoms with Gasteiger partial charge in [0, 0.05) is 12.0 Å². The number of aromatic amines is 1. The summed E-state index contributed by atoms with van der Waals surface area (Å²) in [6.45, 7) is 0. The maximum Gasteiger partial charge on any atom is 0.305 e. The molecule has 0 saturated carbocycles. The van der Waals surface area contributed by atoms with Crippen LogP contribution in [0.1, 0.15) is 15.9 Å². The van der Waals surface area contributed by atoms with Gasteiger partial charge >= 0.3 is 4.87 Å². The number of carbonyl (C=O) groups excluding carboxylic acids is 1. The number of carbonyl (C=O) groups is 1. The van der Waals surface area contributed by atoms with Gasteiger partial charge in [-0.2, -0.15) is 0 Å². The number of rotatable bonds is 3. The predicted octanol–water partition coefficient (Wildman–Crippen LogP) is 3.02. The Balaban J connectivity index is 1.91. The summed E-state index contributed by atoms with van der Waals surface area (Å²) >= 11 is 1.13. The summed E-state index contributed by atoms with van der Waals surface area (Å²) in [5, 5.41) is 0. The van der Waals surface area contributed by atoms with Crippen molar-refractivity contribution in [2.24, 2.45) is 0 Å². The van der Waals surface area contributed by atoms with Gasteiger partial charge < -0.3 is 4.98 Å². The number of aromatic nitrogens is 1. The second-order valence-corrected chi connectivity index (χ2v) is 5.33. The van der Waals surface area contributed by atoms with E-state index < -0.39 is 0 Å². The van der Waals surface area contributed by atoms with Crippen LogP contribution >= 0.6 is 11.3 Å². The largest absolute Gasteiger partial charge is 0.312 e. The quantitative estimate of drug-likeness (QED) is 0.743. The molecule has 1 aromatic heterocycles. The molecule has 3 aromatic rings. The summed E-state index contributed by atoms with van der Waals surface area (Å²) in [5.74, 6) is 0.0638. The van der Waals surface area contributed by atoms with E-state index in [1.807, 2.05) is 30.3 Å². The van der Waals surface area contributed by atoms with E-state index in [0.717, 1.165) is 27.1 Å². The molecule has 94 valence electrons. The van der Waals surface area contributed by atoms with E-state index in [4.69, 9.17) is 0 Å². The molecule has 0 fully saturated rings. The summed E-state index contributed by atoms with van der Waals surface area (Å²) in [4.78, 5) is 26.1. The summed E-state index contributed by atoms with van der Waals surface area (Å²) in [7, 11) is 0. The van der Waals surface area contributed by atoms with Crippen LogP contribution in [0.2, 0.25) is 0 Å². The second-order valence-electron chi connectivity index (χ2n) is 4.31. The summed E-state index contributed by atoms with van der Waals surface area (Å²) in [6, 6.07) is 15.0. The fourth-order valence-corrected chi connectivity index (χ4v) is 2.78. The highest BCUT2D eigenvalue weighted by Gasteiger charge is 2.09. The lowest BCUT2D eigenvalue weighted by Crippen LogP contribution is -2.02. The highest BCUT2D eigenvalue weighted by atomic mass is 32.1. The minimum atomic E-state index is -0.0948. The predicted molar refractivity (Wildman–Crippen MR) is 76.9 cm³/mol. The molecule has 0 aliphatic carbocycles. The van der Waals surface area contributed by atoms with Gasteiger partial charge in [0.1, 0.15) is 0 Å². The Hall–Kier alpha value is -2.20. The van der Waals surface area contributed by atoms with Crippen molar-refractivity contribution < 1.29 is 4.79 Å². The van der Waals surface area contributed by atoms with Crippen LogP contribution in [-0.4, -0.2) is 10.8 Å². The molecule has 1 heterocycles. The third-order valence-electron chi connectivity index (χ3n) is 2.95. The summed E-state index contributed by atoms with van der Waals surface area (Å²) < 4.78 is 0.823. The van der Waals surface area contributed by atoms with Gasteiger partial charge in [-0.1, -0.05) is 41.7 Å². The van der Waals surface area contributed by atoms with Crippen molar-refractivity contribution in [1.82, 2.24) is 4.98 Å². The lowest BCUT2D eigenvalue weighted by molar-refractivity contribution is 0.0993. The monoisotopic (exact) mass is 269 g/mol. The molecule has 0 amide bonds. The number of thiazole rings is 1. The van der Waals surface area contributed by atoms with Gasteiger partial charge in [0.15, 0.2) is 5.78 Å². The van der Waals surface area contributed by atoms with Crippen molar-refractivity contribution in [3.8, 4) is 0 Å². The molecule has 0 atom stereocenters. The Morgan fingerprint density at radius 1 is 1.11 bits per heavy atom. The summed E-state index contributed by atoms with van der Waals surface area (Å²) in [6.07, 6.45) is 0.381. The van der Waals surface area contributed by atoms with Crippen molar-refractivity contribution in [1.29, 1.82) is 0 Å². The lowest BCUT2D eigenvalue weighted by atomic mass is 10.0. The number of nitrogens with one attached hydrogen (secondary N) is 1. The number of Topliss-reactive ketones (excluding diaryl/α,β-unsaturated/α-hetero) is 1. The number of fused-ring (bicyclic) bond motifs is 1. The highest BCUT2D eigenvalue weighted by molar-refractivity contribution is 7.16. The fourth-order valence-electron chi connectivity index (χ4n) is 2.00. The number of H-pyrrole nitrogens is 1. The van der Waals surface area contributed by atoms with Crippen LogP contribution in [0.4, 0.5) is 0 Å². The molecule has 0 spiro atoms. The first-order chi connectivity index (χ1) is 9.22. The van der Waals surface area contributed by atoms with Gasteiger partial charge in [-0.05, 0) is 23.8 Å². The van der Waals surface area contributed by atoms with Gasteiger partial charge in [0.05, 0.1) is 10.2 Å². The van der Waals surface area contributed by atoms with E-state index in [-0.39, 0.29) is 10.7 Å². The molecule has 0 unspecified atom stereocenters. The first kappa shape index (κ1) is 11.9. The Bertz CT molecular complexity index is 787. The number of hydrogen-bond acceptors (Lipinski definition) is 3. The molecule has 0 radical (unpaired) electrons. The second kappa shape index (κ2) is 4.82. The van der Waals surface area contributed by atoms with Crippen molar-refractivity contribution in [3.63, 3.8) is 0 Å². The van der Waals surface area contributed by atoms with E-state index in [0.29, 0.717) is 12.0 Å². The maximum absolute atomic E-state index is 12.2. The Morgan fingerprint density at radius 2 is 1.89 bits per heavy atom. The van der Waals surface area contributed by atoms with E-state index in [9.17, 15) is 9.59 Å². The highest BCUT2D eigenvalue weighted by Crippen LogP contribution is 2.17. The number of benzene rings is 2. The van der Waals surface area contributed by atoms with Gasteiger partial charge in [-0.3, -0.25) is 9.59 Å². The normalized spacial score (nSPS) is 10.7. The molecule has 0 aliphatic heterocycles. The van der Waals surface area contributed by atoms with Gasteiger partial charge in [0.25, 0.3) is 0 Å². The van der Waals surface area contributed by atoms with Crippen LogP contribution in [0.25, 0.3) is 10.2 Å². The van der Waals surface area contributed by atoms with Crippen molar-refractivity contribution in [3.05, 3.63) is 69.3 Å².